The number of aromatic nitrogens is 4. The van der Waals surface area contributed by atoms with E-state index >= 15 is 0 Å². The van der Waals surface area contributed by atoms with E-state index in [0.29, 0.717) is 0 Å². The van der Waals surface area contributed by atoms with Gasteiger partial charge in [0.2, 0.25) is 0 Å². The minimum Gasteiger partial charge on any atom is -0.399 e. The van der Waals surface area contributed by atoms with Crippen LogP contribution in [-0.4, -0.2) is 19.9 Å². The lowest BCUT2D eigenvalue weighted by Crippen LogP contribution is -1.93. The van der Waals surface area contributed by atoms with Crippen LogP contribution in [0.15, 0.2) is 84.9 Å². The van der Waals surface area contributed by atoms with Crippen molar-refractivity contribution in [2.24, 2.45) is 0 Å². The van der Waals surface area contributed by atoms with Crippen LogP contribution in [-0.2, 0) is 0 Å². The zero-order valence-electron chi connectivity index (χ0n) is 28.3. The molecule has 7 aromatic rings. The zero-order chi connectivity index (χ0) is 33.3. The van der Waals surface area contributed by atoms with Gasteiger partial charge in [0.25, 0.3) is 0 Å². The molecule has 5 nitrogen and oxygen atoms in total. The van der Waals surface area contributed by atoms with Gasteiger partial charge in [-0.25, -0.2) is 4.98 Å². The maximum Gasteiger partial charge on any atom is 0.0872 e. The van der Waals surface area contributed by atoms with Crippen molar-refractivity contribution >= 4 is 50.9 Å². The molecule has 0 amide bonds. The van der Waals surface area contributed by atoms with Crippen molar-refractivity contribution in [3.63, 3.8) is 0 Å². The third-order valence-electron chi connectivity index (χ3n) is 9.63. The van der Waals surface area contributed by atoms with Gasteiger partial charge in [-0.3, -0.25) is 0 Å². The van der Waals surface area contributed by atoms with Crippen LogP contribution < -0.4 is 5.73 Å². The van der Waals surface area contributed by atoms with Crippen molar-refractivity contribution in [1.82, 2.24) is 19.9 Å². The van der Waals surface area contributed by atoms with Crippen LogP contribution in [0.1, 0.15) is 44.8 Å². The van der Waals surface area contributed by atoms with Crippen molar-refractivity contribution in [1.29, 1.82) is 0 Å². The average Bonchev–Trinajstić information content (AvgIpc) is 3.85. The molecule has 5 heteroatoms. The number of anilines is 1. The summed E-state index contributed by atoms with van der Waals surface area (Å²) in [5.74, 6) is 0. The van der Waals surface area contributed by atoms with Crippen molar-refractivity contribution in [2.45, 2.75) is 41.5 Å². The first-order chi connectivity index (χ1) is 23.1. The van der Waals surface area contributed by atoms with E-state index in [0.717, 1.165) is 72.4 Å². The van der Waals surface area contributed by atoms with Gasteiger partial charge in [0.1, 0.15) is 0 Å². The second-order valence-electron chi connectivity index (χ2n) is 13.4. The summed E-state index contributed by atoms with van der Waals surface area (Å²) in [7, 11) is 0. The summed E-state index contributed by atoms with van der Waals surface area (Å²) in [5, 5.41) is 0. The van der Waals surface area contributed by atoms with Gasteiger partial charge in [0.15, 0.2) is 0 Å². The quantitative estimate of drug-likeness (QED) is 0.147. The van der Waals surface area contributed by atoms with Gasteiger partial charge in [0.05, 0.1) is 16.9 Å². The first-order valence-electron chi connectivity index (χ1n) is 16.5. The van der Waals surface area contributed by atoms with Crippen LogP contribution in [0, 0.1) is 41.5 Å². The molecule has 0 spiro atoms. The first-order valence-corrected chi connectivity index (χ1v) is 16.5. The number of hydrogen-bond acceptors (Lipinski definition) is 2. The summed E-state index contributed by atoms with van der Waals surface area (Å²) >= 11 is 0. The highest BCUT2D eigenvalue weighted by Gasteiger charge is 2.18. The van der Waals surface area contributed by atoms with Gasteiger partial charge in [0, 0.05) is 50.0 Å². The summed E-state index contributed by atoms with van der Waals surface area (Å²) < 4.78 is 0. The number of rotatable bonds is 3. The van der Waals surface area contributed by atoms with Gasteiger partial charge >= 0.3 is 0 Å². The topological polar surface area (TPSA) is 86.3 Å². The van der Waals surface area contributed by atoms with Crippen LogP contribution in [0.2, 0.25) is 0 Å². The SMILES string of the molecule is Cc1cc(C)c(-c2c3nc(c4ccc([nH]4)c(-c4c(C)cc(C)cc4C)c4ccc([nH]4)c(-c4ccc(N)cc4)c4ccc2[nH]4)C=C3)c(C)c1. The molecule has 4 aromatic heterocycles. The van der Waals surface area contributed by atoms with Crippen molar-refractivity contribution in [2.75, 3.05) is 5.73 Å². The fourth-order valence-corrected chi connectivity index (χ4v) is 7.78. The lowest BCUT2D eigenvalue weighted by Gasteiger charge is -2.13. The highest BCUT2D eigenvalue weighted by molar-refractivity contribution is 6.01. The first kappa shape index (κ1) is 29.6. The predicted molar refractivity (Wildman–Crippen MR) is 204 cm³/mol. The van der Waals surface area contributed by atoms with Crippen molar-refractivity contribution in [3.8, 4) is 33.4 Å². The van der Waals surface area contributed by atoms with Gasteiger partial charge in [-0.2, -0.15) is 0 Å². The van der Waals surface area contributed by atoms with Crippen molar-refractivity contribution in [3.05, 3.63) is 130 Å². The third kappa shape index (κ3) is 4.90. The van der Waals surface area contributed by atoms with Crippen LogP contribution in [0.3, 0.4) is 0 Å². The number of hydrogen-bond donors (Lipinski definition) is 4. The Morgan fingerprint density at radius 3 is 1.33 bits per heavy atom. The normalized spacial score (nSPS) is 12.0. The van der Waals surface area contributed by atoms with E-state index in [9.17, 15) is 0 Å². The molecule has 0 saturated heterocycles. The minimum atomic E-state index is 0.735. The molecule has 5 N–H and O–H groups in total. The van der Waals surface area contributed by atoms with E-state index < -0.39 is 0 Å². The largest absolute Gasteiger partial charge is 0.399 e. The lowest BCUT2D eigenvalue weighted by molar-refractivity contribution is 1.29. The summed E-state index contributed by atoms with van der Waals surface area (Å²) in [6, 6.07) is 30.3. The highest BCUT2D eigenvalue weighted by atomic mass is 14.8. The number of nitrogens with one attached hydrogen (secondary N) is 3. The standard InChI is InChI=1S/C43H39N5/c1-23-19-25(3)39(26(4)20-23)42-35-13-11-31(45-35)32-12-14-36(46-32)43(40-27(5)21-24(2)22-28(40)6)38-18-16-34(48-38)41(33-15-17-37(42)47-33)29-7-9-30(44)10-8-29/h7-22,45,47-48H,44H2,1-6H3. The number of nitrogens with two attached hydrogens (primary N) is 1. The van der Waals surface area contributed by atoms with Gasteiger partial charge < -0.3 is 20.7 Å². The van der Waals surface area contributed by atoms with Crippen LogP contribution in [0.25, 0.3) is 78.6 Å². The van der Waals surface area contributed by atoms with Gasteiger partial charge in [-0.05, 0) is 141 Å². The Morgan fingerprint density at radius 1 is 0.417 bits per heavy atom. The van der Waals surface area contributed by atoms with Crippen LogP contribution >= 0.6 is 0 Å². The maximum absolute atomic E-state index is 6.17. The summed E-state index contributed by atoms with van der Waals surface area (Å²) in [4.78, 5) is 16.8. The number of nitrogen functional groups attached to an aromatic ring is 1. The summed E-state index contributed by atoms with van der Waals surface area (Å²) in [5.41, 5.74) is 29.1. The Bertz CT molecular complexity index is 2520. The molecule has 1 aliphatic rings. The van der Waals surface area contributed by atoms with E-state index in [2.05, 4.69) is 141 Å². The number of nitrogens with zero attached hydrogens (tertiary/aromatic N) is 1. The van der Waals surface area contributed by atoms with E-state index in [1.54, 1.807) is 0 Å². The second kappa shape index (κ2) is 11.2. The molecular formula is C43H39N5. The van der Waals surface area contributed by atoms with E-state index in [1.165, 1.54) is 44.5 Å². The number of fused-ring (bicyclic) bond motifs is 9. The average molecular weight is 626 g/mol. The molecular weight excluding hydrogens is 587 g/mol. The molecule has 48 heavy (non-hydrogen) atoms. The van der Waals surface area contributed by atoms with Gasteiger partial charge in [-0.15, -0.1) is 0 Å². The molecule has 0 unspecified atom stereocenters. The molecule has 1 aliphatic heterocycles. The smallest absolute Gasteiger partial charge is 0.0872 e. The molecule has 3 aromatic carbocycles. The predicted octanol–water partition coefficient (Wildman–Crippen LogP) is 11.1. The third-order valence-corrected chi connectivity index (χ3v) is 9.63. The summed E-state index contributed by atoms with van der Waals surface area (Å²) in [6.07, 6.45) is 4.27. The zero-order valence-corrected chi connectivity index (χ0v) is 28.3. The number of aryl methyl sites for hydroxylation is 6. The number of H-pyrrole nitrogens is 3. The fourth-order valence-electron chi connectivity index (χ4n) is 7.78. The maximum atomic E-state index is 6.17. The highest BCUT2D eigenvalue weighted by Crippen LogP contribution is 2.39. The Morgan fingerprint density at radius 2 is 0.812 bits per heavy atom. The van der Waals surface area contributed by atoms with Crippen LogP contribution in [0.4, 0.5) is 5.69 Å². The molecule has 0 atom stereocenters. The molecule has 5 heterocycles. The lowest BCUT2D eigenvalue weighted by atomic mass is 9.92. The van der Waals surface area contributed by atoms with E-state index in [1.807, 2.05) is 12.1 Å². The van der Waals surface area contributed by atoms with E-state index in [4.69, 9.17) is 10.7 Å². The molecule has 8 bridgehead atoms. The number of benzene rings is 3. The van der Waals surface area contributed by atoms with Gasteiger partial charge in [-0.1, -0.05) is 47.5 Å². The molecule has 0 saturated carbocycles. The Labute approximate surface area is 280 Å². The molecule has 8 rings (SSSR count). The van der Waals surface area contributed by atoms with E-state index in [-0.39, 0.29) is 0 Å². The molecule has 0 fully saturated rings. The Hall–Kier alpha value is -5.81. The van der Waals surface area contributed by atoms with Crippen LogP contribution in [0.5, 0.6) is 0 Å². The van der Waals surface area contributed by atoms with Crippen molar-refractivity contribution < 1.29 is 0 Å². The molecule has 0 radical (unpaired) electrons. The molecule has 236 valence electrons. The molecule has 0 aliphatic carbocycles. The second-order valence-corrected chi connectivity index (χ2v) is 13.4. The fraction of sp³-hybridized carbons (Fsp3) is 0.140. The Balaban J connectivity index is 1.58. The number of aromatic amines is 3. The summed E-state index contributed by atoms with van der Waals surface area (Å²) in [6.45, 7) is 13.1. The Kier molecular flexibility index (Phi) is 6.88. The minimum absolute atomic E-state index is 0.735. The monoisotopic (exact) mass is 625 g/mol.